The van der Waals surface area contributed by atoms with Crippen molar-refractivity contribution in [2.75, 3.05) is 18.0 Å². The normalized spacial score (nSPS) is 14.7. The number of Topliss-reactive ketones (excluding diaryl/α,β-unsaturated/α-hetero) is 1. The topological polar surface area (TPSA) is 72.1 Å². The summed E-state index contributed by atoms with van der Waals surface area (Å²) in [5.74, 6) is -0.906. The SMILES string of the molecule is NCc1ccc(-c2nc(C(F)(F)F)nc(N3CCC(=O)CC3)c2-c2ccccc2)cc1. The Labute approximate surface area is 177 Å². The molecule has 3 aromatic rings. The number of piperidine rings is 1. The summed E-state index contributed by atoms with van der Waals surface area (Å²) in [5.41, 5.74) is 8.50. The lowest BCUT2D eigenvalue weighted by Gasteiger charge is -2.30. The van der Waals surface area contributed by atoms with E-state index < -0.39 is 12.0 Å². The Morgan fingerprint density at radius 2 is 1.55 bits per heavy atom. The van der Waals surface area contributed by atoms with E-state index in [1.54, 1.807) is 29.2 Å². The highest BCUT2D eigenvalue weighted by atomic mass is 19.4. The zero-order valence-electron chi connectivity index (χ0n) is 16.7. The molecule has 0 spiro atoms. The maximum Gasteiger partial charge on any atom is 0.451 e. The van der Waals surface area contributed by atoms with Crippen LogP contribution in [0.4, 0.5) is 19.0 Å². The van der Waals surface area contributed by atoms with Gasteiger partial charge in [-0.2, -0.15) is 13.2 Å². The van der Waals surface area contributed by atoms with Crippen molar-refractivity contribution in [1.29, 1.82) is 0 Å². The van der Waals surface area contributed by atoms with Crippen LogP contribution in [-0.2, 0) is 17.5 Å². The first-order chi connectivity index (χ1) is 14.9. The molecule has 0 aliphatic carbocycles. The van der Waals surface area contributed by atoms with Gasteiger partial charge in [-0.05, 0) is 11.1 Å². The van der Waals surface area contributed by atoms with Crippen LogP contribution in [0, 0.1) is 0 Å². The molecule has 0 bridgehead atoms. The molecule has 31 heavy (non-hydrogen) atoms. The van der Waals surface area contributed by atoms with Gasteiger partial charge in [0.15, 0.2) is 0 Å². The number of hydrogen-bond acceptors (Lipinski definition) is 5. The predicted octanol–water partition coefficient (Wildman–Crippen LogP) is 4.46. The van der Waals surface area contributed by atoms with E-state index in [9.17, 15) is 18.0 Å². The molecule has 2 heterocycles. The van der Waals surface area contributed by atoms with Crippen molar-refractivity contribution in [2.24, 2.45) is 5.73 Å². The standard InChI is InChI=1S/C23H21F3N4O/c24-23(25,26)22-28-20(17-8-6-15(14-27)7-9-17)19(16-4-2-1-3-5-16)21(29-22)30-12-10-18(31)11-13-30/h1-9H,10-14,27H2. The van der Waals surface area contributed by atoms with E-state index in [-0.39, 0.29) is 30.1 Å². The molecular formula is C23H21F3N4O. The molecule has 0 saturated carbocycles. The van der Waals surface area contributed by atoms with Crippen molar-refractivity contribution in [2.45, 2.75) is 25.6 Å². The number of hydrogen-bond donors (Lipinski definition) is 1. The molecule has 2 aromatic carbocycles. The molecule has 2 N–H and O–H groups in total. The van der Waals surface area contributed by atoms with Gasteiger partial charge in [0.2, 0.25) is 5.82 Å². The van der Waals surface area contributed by atoms with Gasteiger partial charge in [0.25, 0.3) is 0 Å². The number of anilines is 1. The Bertz CT molecular complexity index is 1070. The minimum Gasteiger partial charge on any atom is -0.355 e. The highest BCUT2D eigenvalue weighted by Gasteiger charge is 2.37. The quantitative estimate of drug-likeness (QED) is 0.667. The zero-order chi connectivity index (χ0) is 22.0. The number of rotatable bonds is 4. The van der Waals surface area contributed by atoms with Crippen molar-refractivity contribution in [3.05, 3.63) is 66.0 Å². The van der Waals surface area contributed by atoms with Crippen LogP contribution >= 0.6 is 0 Å². The first kappa shape index (κ1) is 21.0. The summed E-state index contributed by atoms with van der Waals surface area (Å²) in [6, 6.07) is 16.1. The van der Waals surface area contributed by atoms with Crippen LogP contribution < -0.4 is 10.6 Å². The highest BCUT2D eigenvalue weighted by Crippen LogP contribution is 2.40. The maximum atomic E-state index is 13.7. The Balaban J connectivity index is 1.98. The molecule has 1 saturated heterocycles. The second-order valence-corrected chi connectivity index (χ2v) is 7.38. The van der Waals surface area contributed by atoms with Crippen molar-refractivity contribution in [3.63, 3.8) is 0 Å². The average molecular weight is 426 g/mol. The molecule has 1 aliphatic rings. The molecule has 0 amide bonds. The Morgan fingerprint density at radius 3 is 2.13 bits per heavy atom. The van der Waals surface area contributed by atoms with Crippen molar-refractivity contribution < 1.29 is 18.0 Å². The smallest absolute Gasteiger partial charge is 0.355 e. The summed E-state index contributed by atoms with van der Waals surface area (Å²) < 4.78 is 41.2. The molecule has 1 fully saturated rings. The number of halogens is 3. The third-order valence-electron chi connectivity index (χ3n) is 5.29. The number of alkyl halides is 3. The molecule has 0 unspecified atom stereocenters. The minimum atomic E-state index is -4.71. The summed E-state index contributed by atoms with van der Waals surface area (Å²) in [7, 11) is 0. The van der Waals surface area contributed by atoms with Gasteiger partial charge in [-0.1, -0.05) is 54.6 Å². The molecule has 0 atom stereocenters. The summed E-state index contributed by atoms with van der Waals surface area (Å²) in [6.45, 7) is 0.966. The van der Waals surface area contributed by atoms with Gasteiger partial charge in [0.1, 0.15) is 11.6 Å². The van der Waals surface area contributed by atoms with E-state index in [4.69, 9.17) is 5.73 Å². The van der Waals surface area contributed by atoms with Crippen LogP contribution in [0.25, 0.3) is 22.4 Å². The Hall–Kier alpha value is -3.26. The number of ketones is 1. The third kappa shape index (κ3) is 4.44. The van der Waals surface area contributed by atoms with E-state index in [1.807, 2.05) is 30.3 Å². The number of aromatic nitrogens is 2. The van der Waals surface area contributed by atoms with E-state index in [2.05, 4.69) is 9.97 Å². The number of carbonyl (C=O) groups is 1. The number of nitrogens with zero attached hydrogens (tertiary/aromatic N) is 3. The fourth-order valence-electron chi connectivity index (χ4n) is 3.65. The monoisotopic (exact) mass is 426 g/mol. The summed E-state index contributed by atoms with van der Waals surface area (Å²) in [4.78, 5) is 21.4. The third-order valence-corrected chi connectivity index (χ3v) is 5.29. The predicted molar refractivity (Wildman–Crippen MR) is 112 cm³/mol. The van der Waals surface area contributed by atoms with Gasteiger partial charge < -0.3 is 10.6 Å². The second kappa shape index (κ2) is 8.47. The van der Waals surface area contributed by atoms with E-state index >= 15 is 0 Å². The summed E-state index contributed by atoms with van der Waals surface area (Å²) >= 11 is 0. The molecule has 0 radical (unpaired) electrons. The minimum absolute atomic E-state index is 0.0974. The van der Waals surface area contributed by atoms with Crippen LogP contribution in [0.2, 0.25) is 0 Å². The number of benzene rings is 2. The van der Waals surface area contributed by atoms with Crippen LogP contribution in [0.5, 0.6) is 0 Å². The van der Waals surface area contributed by atoms with E-state index in [0.717, 1.165) is 5.56 Å². The van der Waals surface area contributed by atoms with E-state index in [1.165, 1.54) is 0 Å². The Morgan fingerprint density at radius 1 is 0.903 bits per heavy atom. The summed E-state index contributed by atoms with van der Waals surface area (Å²) in [6.07, 6.45) is -4.15. The fraction of sp³-hybridized carbons (Fsp3) is 0.261. The van der Waals surface area contributed by atoms with Gasteiger partial charge in [0, 0.05) is 38.0 Å². The van der Waals surface area contributed by atoms with Crippen LogP contribution in [0.1, 0.15) is 24.2 Å². The fourth-order valence-corrected chi connectivity index (χ4v) is 3.65. The second-order valence-electron chi connectivity index (χ2n) is 7.38. The Kier molecular flexibility index (Phi) is 5.73. The first-order valence-electron chi connectivity index (χ1n) is 9.97. The molecule has 1 aliphatic heterocycles. The van der Waals surface area contributed by atoms with Crippen LogP contribution in [0.15, 0.2) is 54.6 Å². The van der Waals surface area contributed by atoms with E-state index in [0.29, 0.717) is 36.3 Å². The molecule has 8 heteroatoms. The largest absolute Gasteiger partial charge is 0.451 e. The zero-order valence-corrected chi connectivity index (χ0v) is 16.7. The lowest BCUT2D eigenvalue weighted by molar-refractivity contribution is -0.144. The van der Waals surface area contributed by atoms with Gasteiger partial charge in [-0.3, -0.25) is 4.79 Å². The van der Waals surface area contributed by atoms with Crippen LogP contribution in [-0.4, -0.2) is 28.8 Å². The lowest BCUT2D eigenvalue weighted by Crippen LogP contribution is -2.35. The number of carbonyl (C=O) groups excluding carboxylic acids is 1. The highest BCUT2D eigenvalue weighted by molar-refractivity contribution is 5.90. The molecule has 5 nitrogen and oxygen atoms in total. The first-order valence-corrected chi connectivity index (χ1v) is 9.97. The molecule has 1 aromatic heterocycles. The van der Waals surface area contributed by atoms with Crippen molar-refractivity contribution >= 4 is 11.6 Å². The average Bonchev–Trinajstić information content (AvgIpc) is 2.79. The number of nitrogens with two attached hydrogens (primary N) is 1. The van der Waals surface area contributed by atoms with Crippen molar-refractivity contribution in [3.8, 4) is 22.4 Å². The molecular weight excluding hydrogens is 405 g/mol. The van der Waals surface area contributed by atoms with Crippen LogP contribution in [0.3, 0.4) is 0 Å². The maximum absolute atomic E-state index is 13.7. The summed E-state index contributed by atoms with van der Waals surface area (Å²) in [5, 5.41) is 0. The van der Waals surface area contributed by atoms with Gasteiger partial charge in [-0.25, -0.2) is 9.97 Å². The van der Waals surface area contributed by atoms with Gasteiger partial charge in [0.05, 0.1) is 11.3 Å². The molecule has 4 rings (SSSR count). The van der Waals surface area contributed by atoms with Gasteiger partial charge >= 0.3 is 6.18 Å². The molecule has 160 valence electrons. The van der Waals surface area contributed by atoms with Crippen molar-refractivity contribution in [1.82, 2.24) is 9.97 Å². The van der Waals surface area contributed by atoms with Gasteiger partial charge in [-0.15, -0.1) is 0 Å². The lowest BCUT2D eigenvalue weighted by atomic mass is 9.97.